The summed E-state index contributed by atoms with van der Waals surface area (Å²) >= 11 is 0. The summed E-state index contributed by atoms with van der Waals surface area (Å²) in [6, 6.07) is 0. The number of aliphatic hydroxyl groups is 1. The molecule has 14 heavy (non-hydrogen) atoms. The molecular formula is C11H23NO2. The van der Waals surface area contributed by atoms with Crippen molar-refractivity contribution in [2.24, 2.45) is 5.41 Å². The van der Waals surface area contributed by atoms with Crippen LogP contribution in [-0.2, 0) is 4.74 Å². The highest BCUT2D eigenvalue weighted by Crippen LogP contribution is 2.28. The molecule has 0 amide bonds. The smallest absolute Gasteiger partial charge is 0.0556 e. The molecule has 0 aromatic rings. The predicted molar refractivity (Wildman–Crippen MR) is 57.4 cm³/mol. The Morgan fingerprint density at radius 1 is 1.36 bits per heavy atom. The first-order valence-corrected chi connectivity index (χ1v) is 5.67. The van der Waals surface area contributed by atoms with Gasteiger partial charge in [-0.15, -0.1) is 0 Å². The molecule has 84 valence electrons. The number of ether oxygens (including phenoxy) is 1. The van der Waals surface area contributed by atoms with Crippen molar-refractivity contribution < 1.29 is 9.84 Å². The maximum Gasteiger partial charge on any atom is 0.0556 e. The van der Waals surface area contributed by atoms with Crippen LogP contribution in [0.1, 0.15) is 26.7 Å². The van der Waals surface area contributed by atoms with Crippen LogP contribution in [-0.4, -0.2) is 49.5 Å². The standard InChI is InChI=1S/C11H23NO2/c1-3-12(4-2)8-11(9-13)6-5-7-14-10-11/h13H,3-10H2,1-2H3. The summed E-state index contributed by atoms with van der Waals surface area (Å²) in [4.78, 5) is 2.37. The van der Waals surface area contributed by atoms with Gasteiger partial charge in [0.25, 0.3) is 0 Å². The predicted octanol–water partition coefficient (Wildman–Crippen LogP) is 1.12. The zero-order valence-electron chi connectivity index (χ0n) is 9.46. The van der Waals surface area contributed by atoms with Crippen LogP contribution in [0.2, 0.25) is 0 Å². The maximum atomic E-state index is 9.47. The lowest BCUT2D eigenvalue weighted by molar-refractivity contribution is -0.0541. The zero-order chi connectivity index (χ0) is 10.4. The topological polar surface area (TPSA) is 32.7 Å². The number of aliphatic hydroxyl groups excluding tert-OH is 1. The van der Waals surface area contributed by atoms with Crippen LogP contribution in [0.15, 0.2) is 0 Å². The SMILES string of the molecule is CCN(CC)CC1(CO)CCCOC1. The van der Waals surface area contributed by atoms with Gasteiger partial charge in [-0.3, -0.25) is 0 Å². The van der Waals surface area contributed by atoms with Crippen LogP contribution in [0, 0.1) is 5.41 Å². The minimum atomic E-state index is 0.00424. The number of rotatable bonds is 5. The van der Waals surface area contributed by atoms with E-state index >= 15 is 0 Å². The first-order valence-electron chi connectivity index (χ1n) is 5.67. The summed E-state index contributed by atoms with van der Waals surface area (Å²) in [5.41, 5.74) is 0.00424. The van der Waals surface area contributed by atoms with Crippen molar-refractivity contribution in [2.75, 3.05) is 39.5 Å². The molecule has 0 aliphatic carbocycles. The minimum absolute atomic E-state index is 0.00424. The molecule has 0 bridgehead atoms. The van der Waals surface area contributed by atoms with Gasteiger partial charge in [0.05, 0.1) is 13.2 Å². The van der Waals surface area contributed by atoms with Gasteiger partial charge in [-0.2, -0.15) is 0 Å². The lowest BCUT2D eigenvalue weighted by Gasteiger charge is -2.39. The van der Waals surface area contributed by atoms with E-state index in [9.17, 15) is 5.11 Å². The Hall–Kier alpha value is -0.120. The highest BCUT2D eigenvalue weighted by molar-refractivity contribution is 4.84. The zero-order valence-corrected chi connectivity index (χ0v) is 9.46. The summed E-state index contributed by atoms with van der Waals surface area (Å²) in [6.07, 6.45) is 2.18. The molecule has 1 heterocycles. The Morgan fingerprint density at radius 3 is 2.50 bits per heavy atom. The van der Waals surface area contributed by atoms with E-state index in [1.54, 1.807) is 0 Å². The second-order valence-electron chi connectivity index (χ2n) is 4.28. The van der Waals surface area contributed by atoms with Gasteiger partial charge in [0.2, 0.25) is 0 Å². The number of nitrogens with zero attached hydrogens (tertiary/aromatic N) is 1. The molecule has 1 fully saturated rings. The van der Waals surface area contributed by atoms with Gasteiger partial charge in [0.15, 0.2) is 0 Å². The van der Waals surface area contributed by atoms with Crippen LogP contribution >= 0.6 is 0 Å². The Balaban J connectivity index is 2.50. The Bertz CT molecular complexity index is 151. The molecule has 0 radical (unpaired) electrons. The van der Waals surface area contributed by atoms with Gasteiger partial charge in [0.1, 0.15) is 0 Å². The Kier molecular flexibility index (Phi) is 4.85. The summed E-state index contributed by atoms with van der Waals surface area (Å²) in [7, 11) is 0. The van der Waals surface area contributed by atoms with Crippen molar-refractivity contribution in [2.45, 2.75) is 26.7 Å². The van der Waals surface area contributed by atoms with Gasteiger partial charge in [-0.05, 0) is 25.9 Å². The lowest BCUT2D eigenvalue weighted by Crippen LogP contribution is -2.45. The lowest BCUT2D eigenvalue weighted by atomic mass is 9.83. The Morgan fingerprint density at radius 2 is 2.07 bits per heavy atom. The monoisotopic (exact) mass is 201 g/mol. The van der Waals surface area contributed by atoms with Crippen molar-refractivity contribution in [3.63, 3.8) is 0 Å². The third-order valence-corrected chi connectivity index (χ3v) is 3.19. The van der Waals surface area contributed by atoms with Crippen molar-refractivity contribution in [3.8, 4) is 0 Å². The van der Waals surface area contributed by atoms with Gasteiger partial charge >= 0.3 is 0 Å². The second kappa shape index (κ2) is 5.69. The second-order valence-corrected chi connectivity index (χ2v) is 4.28. The molecule has 1 N–H and O–H groups in total. The van der Waals surface area contributed by atoms with Crippen LogP contribution in [0.5, 0.6) is 0 Å². The third kappa shape index (κ3) is 2.94. The summed E-state index contributed by atoms with van der Waals surface area (Å²) < 4.78 is 5.48. The highest BCUT2D eigenvalue weighted by atomic mass is 16.5. The molecule has 0 saturated carbocycles. The van der Waals surface area contributed by atoms with E-state index in [0.717, 1.165) is 45.7 Å². The third-order valence-electron chi connectivity index (χ3n) is 3.19. The largest absolute Gasteiger partial charge is 0.396 e. The molecule has 1 saturated heterocycles. The van der Waals surface area contributed by atoms with Crippen molar-refractivity contribution >= 4 is 0 Å². The van der Waals surface area contributed by atoms with Crippen LogP contribution in [0.4, 0.5) is 0 Å². The van der Waals surface area contributed by atoms with Gasteiger partial charge in [-0.25, -0.2) is 0 Å². The van der Waals surface area contributed by atoms with E-state index in [0.29, 0.717) is 0 Å². The molecule has 1 rings (SSSR count). The van der Waals surface area contributed by atoms with Crippen molar-refractivity contribution in [3.05, 3.63) is 0 Å². The molecule has 0 spiro atoms. The van der Waals surface area contributed by atoms with Gasteiger partial charge < -0.3 is 14.7 Å². The van der Waals surface area contributed by atoms with Crippen LogP contribution in [0.25, 0.3) is 0 Å². The fourth-order valence-electron chi connectivity index (χ4n) is 2.13. The first-order chi connectivity index (χ1) is 6.76. The average molecular weight is 201 g/mol. The summed E-state index contributed by atoms with van der Waals surface area (Å²) in [5, 5.41) is 9.47. The molecule has 0 aromatic heterocycles. The van der Waals surface area contributed by atoms with E-state index in [-0.39, 0.29) is 12.0 Å². The minimum Gasteiger partial charge on any atom is -0.396 e. The fourth-order valence-corrected chi connectivity index (χ4v) is 2.13. The van der Waals surface area contributed by atoms with E-state index in [4.69, 9.17) is 4.74 Å². The molecule has 1 unspecified atom stereocenters. The summed E-state index contributed by atoms with van der Waals surface area (Å²) in [6.45, 7) is 9.24. The quantitative estimate of drug-likeness (QED) is 0.723. The highest BCUT2D eigenvalue weighted by Gasteiger charge is 2.33. The molecule has 1 aliphatic rings. The van der Waals surface area contributed by atoms with Gasteiger partial charge in [0, 0.05) is 18.6 Å². The molecule has 3 nitrogen and oxygen atoms in total. The van der Waals surface area contributed by atoms with E-state index in [1.807, 2.05) is 0 Å². The van der Waals surface area contributed by atoms with E-state index < -0.39 is 0 Å². The number of hydrogen-bond donors (Lipinski definition) is 1. The number of hydrogen-bond acceptors (Lipinski definition) is 3. The normalized spacial score (nSPS) is 28.3. The van der Waals surface area contributed by atoms with Crippen LogP contribution < -0.4 is 0 Å². The molecule has 1 atom stereocenters. The van der Waals surface area contributed by atoms with Crippen molar-refractivity contribution in [1.29, 1.82) is 0 Å². The molecule has 0 aromatic carbocycles. The van der Waals surface area contributed by atoms with E-state index in [2.05, 4.69) is 18.7 Å². The Labute approximate surface area is 87.1 Å². The average Bonchev–Trinajstić information content (AvgIpc) is 2.27. The van der Waals surface area contributed by atoms with Gasteiger partial charge in [-0.1, -0.05) is 13.8 Å². The summed E-state index contributed by atoms with van der Waals surface area (Å²) in [5.74, 6) is 0. The van der Waals surface area contributed by atoms with E-state index in [1.165, 1.54) is 0 Å². The fraction of sp³-hybridized carbons (Fsp3) is 1.00. The molecular weight excluding hydrogens is 178 g/mol. The van der Waals surface area contributed by atoms with Crippen molar-refractivity contribution in [1.82, 2.24) is 4.90 Å². The molecule has 3 heteroatoms. The molecule has 1 aliphatic heterocycles. The van der Waals surface area contributed by atoms with Crippen LogP contribution in [0.3, 0.4) is 0 Å². The maximum absolute atomic E-state index is 9.47. The first kappa shape index (κ1) is 12.0.